The third-order valence-corrected chi connectivity index (χ3v) is 2.45. The molecule has 5 atom stereocenters. The Morgan fingerprint density at radius 1 is 1.56 bits per heavy atom. The van der Waals surface area contributed by atoms with Crippen LogP contribution in [0.25, 0.3) is 0 Å². The van der Waals surface area contributed by atoms with Gasteiger partial charge in [-0.05, 0) is 0 Å². The van der Waals surface area contributed by atoms with Crippen molar-refractivity contribution >= 4 is 5.97 Å². The molecule has 0 saturated carbocycles. The van der Waals surface area contributed by atoms with E-state index in [0.29, 0.717) is 0 Å². The molecule has 1 fully saturated rings. The number of aliphatic hydroxyl groups is 2. The highest BCUT2D eigenvalue weighted by Crippen LogP contribution is 2.22. The molecule has 94 valence electrons. The van der Waals surface area contributed by atoms with Crippen LogP contribution in [0.2, 0.25) is 0 Å². The monoisotopic (exact) mass is 235 g/mol. The number of carbonyl (C=O) groups excluding carboxylic acids is 1. The lowest BCUT2D eigenvalue weighted by Crippen LogP contribution is -2.63. The predicted molar refractivity (Wildman–Crippen MR) is 52.3 cm³/mol. The van der Waals surface area contributed by atoms with Crippen molar-refractivity contribution in [3.63, 3.8) is 0 Å². The Balaban J connectivity index is 2.77. The number of esters is 1. The lowest BCUT2D eigenvalue weighted by atomic mass is 9.97. The second-order valence-electron chi connectivity index (χ2n) is 3.60. The molecule has 7 nitrogen and oxygen atoms in total. The van der Waals surface area contributed by atoms with Crippen molar-refractivity contribution in [2.75, 3.05) is 13.7 Å². The minimum Gasteiger partial charge on any atom is -0.455 e. The minimum absolute atomic E-state index is 0.387. The minimum atomic E-state index is -1.11. The number of nitrogens with two attached hydrogens (primary N) is 1. The number of carbonyl (C=O) groups is 1. The average molecular weight is 235 g/mol. The molecule has 7 heteroatoms. The van der Waals surface area contributed by atoms with Gasteiger partial charge in [0, 0.05) is 14.0 Å². The molecule has 16 heavy (non-hydrogen) atoms. The Bertz CT molecular complexity index is 246. The summed E-state index contributed by atoms with van der Waals surface area (Å²) in [5, 5.41) is 18.6. The van der Waals surface area contributed by atoms with Gasteiger partial charge >= 0.3 is 5.97 Å². The van der Waals surface area contributed by atoms with Gasteiger partial charge in [0.25, 0.3) is 0 Å². The van der Waals surface area contributed by atoms with E-state index in [1.54, 1.807) is 0 Å². The van der Waals surface area contributed by atoms with Gasteiger partial charge in [-0.1, -0.05) is 0 Å². The zero-order chi connectivity index (χ0) is 12.3. The van der Waals surface area contributed by atoms with Gasteiger partial charge in [-0.3, -0.25) is 4.79 Å². The number of hydrogen-bond donors (Lipinski definition) is 3. The second-order valence-corrected chi connectivity index (χ2v) is 3.60. The van der Waals surface area contributed by atoms with Crippen molar-refractivity contribution in [2.24, 2.45) is 5.73 Å². The van der Waals surface area contributed by atoms with Gasteiger partial charge in [0.05, 0.1) is 12.6 Å². The molecule has 0 radical (unpaired) electrons. The molecule has 0 bridgehead atoms. The molecule has 0 aliphatic carbocycles. The van der Waals surface area contributed by atoms with E-state index in [0.717, 1.165) is 0 Å². The van der Waals surface area contributed by atoms with E-state index in [-0.39, 0.29) is 6.61 Å². The summed E-state index contributed by atoms with van der Waals surface area (Å²) in [6.45, 7) is 0.839. The fourth-order valence-corrected chi connectivity index (χ4v) is 1.62. The van der Waals surface area contributed by atoms with Crippen molar-refractivity contribution in [3.05, 3.63) is 0 Å². The molecule has 4 N–H and O–H groups in total. The average Bonchev–Trinajstić information content (AvgIpc) is 2.25. The molecule has 1 aliphatic rings. The highest BCUT2D eigenvalue weighted by atomic mass is 16.7. The van der Waals surface area contributed by atoms with Crippen LogP contribution in [0.15, 0.2) is 0 Å². The molecular weight excluding hydrogens is 218 g/mol. The van der Waals surface area contributed by atoms with Gasteiger partial charge in [-0.15, -0.1) is 0 Å². The summed E-state index contributed by atoms with van der Waals surface area (Å²) >= 11 is 0. The summed E-state index contributed by atoms with van der Waals surface area (Å²) in [6, 6.07) is -0.861. The fraction of sp³-hybridized carbons (Fsp3) is 0.889. The largest absolute Gasteiger partial charge is 0.455 e. The van der Waals surface area contributed by atoms with Crippen LogP contribution in [0.3, 0.4) is 0 Å². The second kappa shape index (κ2) is 5.55. The van der Waals surface area contributed by atoms with Crippen LogP contribution in [0.1, 0.15) is 6.92 Å². The van der Waals surface area contributed by atoms with E-state index >= 15 is 0 Å². The Kier molecular flexibility index (Phi) is 4.63. The summed E-state index contributed by atoms with van der Waals surface area (Å²) in [5.74, 6) is -0.541. The number of aliphatic hydroxyl groups excluding tert-OH is 2. The normalized spacial score (nSPS) is 39.4. The molecular formula is C9H17NO6. The van der Waals surface area contributed by atoms with Crippen LogP contribution < -0.4 is 5.73 Å². The van der Waals surface area contributed by atoms with E-state index in [9.17, 15) is 9.90 Å². The summed E-state index contributed by atoms with van der Waals surface area (Å²) in [7, 11) is 1.36. The van der Waals surface area contributed by atoms with E-state index in [1.165, 1.54) is 14.0 Å². The van der Waals surface area contributed by atoms with Gasteiger partial charge in [-0.2, -0.15) is 0 Å². The first kappa shape index (κ1) is 13.3. The summed E-state index contributed by atoms with van der Waals surface area (Å²) in [5.41, 5.74) is 5.70. The zero-order valence-electron chi connectivity index (χ0n) is 9.20. The first-order valence-corrected chi connectivity index (χ1v) is 4.91. The van der Waals surface area contributed by atoms with Crippen molar-refractivity contribution in [3.8, 4) is 0 Å². The maximum absolute atomic E-state index is 10.9. The molecule has 0 aromatic heterocycles. The van der Waals surface area contributed by atoms with Gasteiger partial charge in [0.15, 0.2) is 12.4 Å². The zero-order valence-corrected chi connectivity index (χ0v) is 9.20. The van der Waals surface area contributed by atoms with Crippen molar-refractivity contribution in [1.82, 2.24) is 0 Å². The maximum atomic E-state index is 10.9. The molecule has 1 saturated heterocycles. The highest BCUT2D eigenvalue weighted by molar-refractivity contribution is 5.66. The van der Waals surface area contributed by atoms with E-state index < -0.39 is 36.6 Å². The van der Waals surface area contributed by atoms with Crippen molar-refractivity contribution in [1.29, 1.82) is 0 Å². The predicted octanol–water partition coefficient (Wildman–Crippen LogP) is -2.03. The number of rotatable bonds is 3. The van der Waals surface area contributed by atoms with Crippen LogP contribution in [-0.2, 0) is 19.0 Å². The van der Waals surface area contributed by atoms with Crippen LogP contribution >= 0.6 is 0 Å². The molecule has 0 amide bonds. The van der Waals surface area contributed by atoms with Crippen LogP contribution in [0.4, 0.5) is 0 Å². The Morgan fingerprint density at radius 3 is 2.62 bits per heavy atom. The summed E-state index contributed by atoms with van der Waals surface area (Å²) in [6.07, 6.45) is -3.73. The van der Waals surface area contributed by atoms with Crippen LogP contribution in [-0.4, -0.2) is 60.5 Å². The lowest BCUT2D eigenvalue weighted by Gasteiger charge is -2.41. The molecule has 0 spiro atoms. The van der Waals surface area contributed by atoms with E-state index in [4.69, 9.17) is 25.1 Å². The Labute approximate surface area is 93.1 Å². The molecule has 1 heterocycles. The first-order valence-electron chi connectivity index (χ1n) is 4.91. The van der Waals surface area contributed by atoms with Gasteiger partial charge in [0.2, 0.25) is 0 Å². The molecule has 0 aromatic rings. The van der Waals surface area contributed by atoms with Crippen molar-refractivity contribution < 1.29 is 29.2 Å². The third-order valence-electron chi connectivity index (χ3n) is 2.45. The quantitative estimate of drug-likeness (QED) is 0.484. The topological polar surface area (TPSA) is 111 Å². The molecule has 0 aromatic carbocycles. The van der Waals surface area contributed by atoms with Gasteiger partial charge < -0.3 is 30.2 Å². The maximum Gasteiger partial charge on any atom is 0.303 e. The smallest absolute Gasteiger partial charge is 0.303 e. The SMILES string of the molecule is COC1O[C@H](CO)C(O)C(N)[C@H]1OC(C)=O. The van der Waals surface area contributed by atoms with Crippen LogP contribution in [0, 0.1) is 0 Å². The van der Waals surface area contributed by atoms with Crippen LogP contribution in [0.5, 0.6) is 0 Å². The van der Waals surface area contributed by atoms with Gasteiger partial charge in [0.1, 0.15) is 12.2 Å². The number of hydrogen-bond acceptors (Lipinski definition) is 7. The number of methoxy groups -OCH3 is 1. The molecule has 3 unspecified atom stereocenters. The van der Waals surface area contributed by atoms with E-state index in [2.05, 4.69) is 0 Å². The summed E-state index contributed by atoms with van der Waals surface area (Å²) < 4.78 is 15.1. The van der Waals surface area contributed by atoms with Crippen molar-refractivity contribution in [2.45, 2.75) is 37.6 Å². The summed E-state index contributed by atoms with van der Waals surface area (Å²) in [4.78, 5) is 10.9. The van der Waals surface area contributed by atoms with Gasteiger partial charge in [-0.25, -0.2) is 0 Å². The Hall–Kier alpha value is -0.730. The molecule has 1 aliphatic heterocycles. The standard InChI is InChI=1S/C9H17NO6/c1-4(12)15-8-6(10)7(13)5(3-11)16-9(8)14-2/h5-9,11,13H,3,10H2,1-2H3/t5-,6?,7?,8-,9?/m1/s1. The lowest BCUT2D eigenvalue weighted by molar-refractivity contribution is -0.272. The van der Waals surface area contributed by atoms with E-state index in [1.807, 2.05) is 0 Å². The molecule has 1 rings (SSSR count). The Morgan fingerprint density at radius 2 is 2.19 bits per heavy atom. The fourth-order valence-electron chi connectivity index (χ4n) is 1.62. The first-order chi connectivity index (χ1) is 7.51. The number of ether oxygens (including phenoxy) is 3. The highest BCUT2D eigenvalue weighted by Gasteiger charge is 2.45. The third kappa shape index (κ3) is 2.69.